The molecule has 2 heterocycles. The zero-order valence-corrected chi connectivity index (χ0v) is 10.3. The van der Waals surface area contributed by atoms with Gasteiger partial charge in [-0.05, 0) is 12.8 Å². The number of likely N-dealkylation sites (tertiary alicyclic amines) is 1. The summed E-state index contributed by atoms with van der Waals surface area (Å²) in [5.74, 6) is -0.593. The molecule has 1 atom stereocenters. The first-order valence-electron chi connectivity index (χ1n) is 5.42. The lowest BCUT2D eigenvalue weighted by Crippen LogP contribution is -2.50. The van der Waals surface area contributed by atoms with Crippen molar-refractivity contribution in [1.29, 1.82) is 0 Å². The van der Waals surface area contributed by atoms with E-state index in [1.807, 2.05) is 13.1 Å². The maximum Gasteiger partial charge on any atom is 0.306 e. The lowest BCUT2D eigenvalue weighted by atomic mass is 9.87. The molecular weight excluding hydrogens is 224 g/mol. The first kappa shape index (κ1) is 11.5. The largest absolute Gasteiger partial charge is 0.481 e. The Bertz CT molecular complexity index is 385. The van der Waals surface area contributed by atoms with Crippen LogP contribution in [-0.2, 0) is 11.3 Å². The molecule has 5 heteroatoms. The van der Waals surface area contributed by atoms with E-state index in [0.717, 1.165) is 24.6 Å². The van der Waals surface area contributed by atoms with Crippen LogP contribution in [0.5, 0.6) is 0 Å². The Morgan fingerprint density at radius 2 is 2.44 bits per heavy atom. The predicted molar refractivity (Wildman–Crippen MR) is 62.4 cm³/mol. The van der Waals surface area contributed by atoms with Gasteiger partial charge in [0.25, 0.3) is 0 Å². The molecule has 0 bridgehead atoms. The third-order valence-electron chi connectivity index (χ3n) is 3.13. The minimum absolute atomic E-state index is 0.223. The molecule has 1 aliphatic rings. The fraction of sp³-hybridized carbons (Fsp3) is 0.636. The van der Waals surface area contributed by atoms with E-state index >= 15 is 0 Å². The Kier molecular flexibility index (Phi) is 3.25. The lowest BCUT2D eigenvalue weighted by molar-refractivity contribution is -0.145. The van der Waals surface area contributed by atoms with Gasteiger partial charge in [0.2, 0.25) is 0 Å². The maximum atomic E-state index is 10.8. The number of aryl methyl sites for hydroxylation is 1. The molecule has 0 amide bonds. The van der Waals surface area contributed by atoms with Crippen molar-refractivity contribution >= 4 is 17.3 Å². The van der Waals surface area contributed by atoms with Crippen LogP contribution in [0, 0.1) is 18.8 Å². The Balaban J connectivity index is 1.79. The monoisotopic (exact) mass is 240 g/mol. The van der Waals surface area contributed by atoms with Gasteiger partial charge in [-0.25, -0.2) is 4.98 Å². The minimum Gasteiger partial charge on any atom is -0.481 e. The van der Waals surface area contributed by atoms with Gasteiger partial charge in [0.1, 0.15) is 0 Å². The molecule has 1 unspecified atom stereocenters. The highest BCUT2D eigenvalue weighted by molar-refractivity contribution is 7.11. The van der Waals surface area contributed by atoms with E-state index in [0.29, 0.717) is 5.92 Å². The average Bonchev–Trinajstić information content (AvgIpc) is 2.56. The van der Waals surface area contributed by atoms with Crippen LogP contribution in [-0.4, -0.2) is 34.0 Å². The molecule has 0 aromatic carbocycles. The molecule has 0 aliphatic carbocycles. The summed E-state index contributed by atoms with van der Waals surface area (Å²) in [6.45, 7) is 6.49. The zero-order valence-electron chi connectivity index (χ0n) is 9.51. The highest BCUT2D eigenvalue weighted by atomic mass is 32.1. The van der Waals surface area contributed by atoms with E-state index in [-0.39, 0.29) is 5.92 Å². The molecule has 1 aliphatic heterocycles. The summed E-state index contributed by atoms with van der Waals surface area (Å²) in [6.07, 6.45) is 1.91. The number of nitrogens with zero attached hydrogens (tertiary/aromatic N) is 2. The summed E-state index contributed by atoms with van der Waals surface area (Å²) in [6, 6.07) is 0. The molecular formula is C11H16N2O2S. The van der Waals surface area contributed by atoms with Crippen LogP contribution in [0.1, 0.15) is 16.8 Å². The summed E-state index contributed by atoms with van der Waals surface area (Å²) in [5, 5.41) is 9.96. The first-order valence-corrected chi connectivity index (χ1v) is 6.24. The van der Waals surface area contributed by atoms with Crippen LogP contribution in [0.4, 0.5) is 0 Å². The Hall–Kier alpha value is -0.940. The molecule has 0 saturated carbocycles. The van der Waals surface area contributed by atoms with Crippen LogP contribution in [0.15, 0.2) is 6.20 Å². The van der Waals surface area contributed by atoms with E-state index in [2.05, 4.69) is 9.88 Å². The van der Waals surface area contributed by atoms with Crippen molar-refractivity contribution in [3.8, 4) is 0 Å². The number of thiazole rings is 1. The van der Waals surface area contributed by atoms with Gasteiger partial charge in [-0.1, -0.05) is 6.92 Å². The van der Waals surface area contributed by atoms with Crippen molar-refractivity contribution in [2.45, 2.75) is 20.4 Å². The second-order valence-corrected chi connectivity index (χ2v) is 5.75. The summed E-state index contributed by atoms with van der Waals surface area (Å²) < 4.78 is 0. The molecule has 1 saturated heterocycles. The van der Waals surface area contributed by atoms with Crippen LogP contribution in [0.3, 0.4) is 0 Å². The number of carboxylic acids is 1. The molecule has 0 spiro atoms. The van der Waals surface area contributed by atoms with Crippen molar-refractivity contribution in [1.82, 2.24) is 9.88 Å². The Morgan fingerprint density at radius 1 is 1.75 bits per heavy atom. The lowest BCUT2D eigenvalue weighted by Gasteiger charge is -2.40. The molecule has 2 rings (SSSR count). The molecule has 1 aromatic rings. The van der Waals surface area contributed by atoms with Gasteiger partial charge in [0.15, 0.2) is 0 Å². The van der Waals surface area contributed by atoms with E-state index < -0.39 is 5.97 Å². The summed E-state index contributed by atoms with van der Waals surface area (Å²) in [7, 11) is 0. The maximum absolute atomic E-state index is 10.8. The van der Waals surface area contributed by atoms with Crippen LogP contribution < -0.4 is 0 Å². The molecule has 1 fully saturated rings. The third-order valence-corrected chi connectivity index (χ3v) is 4.03. The summed E-state index contributed by atoms with van der Waals surface area (Å²) in [5.41, 5.74) is 0. The topological polar surface area (TPSA) is 53.4 Å². The molecule has 1 N–H and O–H groups in total. The van der Waals surface area contributed by atoms with Crippen LogP contribution in [0.25, 0.3) is 0 Å². The van der Waals surface area contributed by atoms with Crippen molar-refractivity contribution < 1.29 is 9.90 Å². The van der Waals surface area contributed by atoms with Gasteiger partial charge in [0.05, 0.1) is 10.9 Å². The number of aliphatic carboxylic acids is 1. The number of rotatable bonds is 4. The van der Waals surface area contributed by atoms with Gasteiger partial charge in [-0.3, -0.25) is 9.69 Å². The van der Waals surface area contributed by atoms with E-state index in [4.69, 9.17) is 5.11 Å². The fourth-order valence-electron chi connectivity index (χ4n) is 1.96. The quantitative estimate of drug-likeness (QED) is 0.868. The number of hydrogen-bond acceptors (Lipinski definition) is 4. The Labute approximate surface area is 98.9 Å². The second-order valence-electron chi connectivity index (χ2n) is 4.43. The van der Waals surface area contributed by atoms with E-state index in [9.17, 15) is 4.79 Å². The van der Waals surface area contributed by atoms with Gasteiger partial charge >= 0.3 is 5.97 Å². The van der Waals surface area contributed by atoms with Crippen molar-refractivity contribution in [3.63, 3.8) is 0 Å². The smallest absolute Gasteiger partial charge is 0.306 e. The van der Waals surface area contributed by atoms with Crippen LogP contribution >= 0.6 is 11.3 Å². The summed E-state index contributed by atoms with van der Waals surface area (Å²) in [4.78, 5) is 18.5. The molecule has 1 aromatic heterocycles. The SMILES string of the molecule is Cc1ncc(CN2CC(C(C)C(=O)O)C2)s1. The molecule has 4 nitrogen and oxygen atoms in total. The predicted octanol–water partition coefficient (Wildman–Crippen LogP) is 1.60. The third kappa shape index (κ3) is 2.41. The number of hydrogen-bond donors (Lipinski definition) is 1. The minimum atomic E-state index is -0.682. The van der Waals surface area contributed by atoms with Crippen LogP contribution in [0.2, 0.25) is 0 Å². The zero-order chi connectivity index (χ0) is 11.7. The number of carbonyl (C=O) groups is 1. The average molecular weight is 240 g/mol. The number of carboxylic acid groups (broad SMARTS) is 1. The molecule has 88 valence electrons. The van der Waals surface area contributed by atoms with Gasteiger partial charge in [-0.2, -0.15) is 0 Å². The van der Waals surface area contributed by atoms with Gasteiger partial charge in [0, 0.05) is 30.7 Å². The van der Waals surface area contributed by atoms with Gasteiger partial charge in [-0.15, -0.1) is 11.3 Å². The molecule has 16 heavy (non-hydrogen) atoms. The van der Waals surface area contributed by atoms with Crippen molar-refractivity contribution in [3.05, 3.63) is 16.1 Å². The standard InChI is InChI=1S/C11H16N2O2S/c1-7(11(14)15)9-4-13(5-9)6-10-3-12-8(2)16-10/h3,7,9H,4-6H2,1-2H3,(H,14,15). The highest BCUT2D eigenvalue weighted by Gasteiger charge is 2.34. The Morgan fingerprint density at radius 3 is 2.94 bits per heavy atom. The normalized spacial score (nSPS) is 19.4. The van der Waals surface area contributed by atoms with Gasteiger partial charge < -0.3 is 5.11 Å². The first-order chi connectivity index (χ1) is 7.56. The second kappa shape index (κ2) is 4.51. The van der Waals surface area contributed by atoms with E-state index in [1.54, 1.807) is 18.3 Å². The highest BCUT2D eigenvalue weighted by Crippen LogP contribution is 2.26. The van der Waals surface area contributed by atoms with Crippen molar-refractivity contribution in [2.75, 3.05) is 13.1 Å². The fourth-order valence-corrected chi connectivity index (χ4v) is 2.79. The van der Waals surface area contributed by atoms with E-state index in [1.165, 1.54) is 4.88 Å². The number of aromatic nitrogens is 1. The molecule has 0 radical (unpaired) electrons. The van der Waals surface area contributed by atoms with Crippen molar-refractivity contribution in [2.24, 2.45) is 11.8 Å². The summed E-state index contributed by atoms with van der Waals surface area (Å²) >= 11 is 1.71.